The molecule has 178 valence electrons. The first kappa shape index (κ1) is 23.6. The topological polar surface area (TPSA) is 58.3 Å². The Morgan fingerprint density at radius 2 is 1.11 bits per heavy atom. The summed E-state index contributed by atoms with van der Waals surface area (Å²) in [5, 5.41) is 21.0. The number of aromatic nitrogens is 2. The molecule has 0 aliphatic rings. The van der Waals surface area contributed by atoms with Crippen molar-refractivity contribution >= 4 is 11.0 Å². The van der Waals surface area contributed by atoms with Crippen molar-refractivity contribution in [2.24, 2.45) is 0 Å². The SMILES string of the molecule is Oc1ccccc1-c1[c-]c(-c2cccc3c2nc(-c2ccccc2O)n3-c2ccccc2)ccc1.[Au+]. The van der Waals surface area contributed by atoms with Gasteiger partial charge in [0, 0.05) is 5.69 Å². The van der Waals surface area contributed by atoms with Crippen LogP contribution in [0.25, 0.3) is 50.4 Å². The van der Waals surface area contributed by atoms with Crippen LogP contribution in [0.4, 0.5) is 0 Å². The van der Waals surface area contributed by atoms with Crippen molar-refractivity contribution in [1.82, 2.24) is 9.55 Å². The Morgan fingerprint density at radius 3 is 1.81 bits per heavy atom. The first-order chi connectivity index (χ1) is 17.2. The number of benzene rings is 5. The molecule has 1 heterocycles. The summed E-state index contributed by atoms with van der Waals surface area (Å²) >= 11 is 0. The van der Waals surface area contributed by atoms with Gasteiger partial charge in [-0.15, -0.1) is 35.4 Å². The van der Waals surface area contributed by atoms with E-state index in [4.69, 9.17) is 4.98 Å². The quantitative estimate of drug-likeness (QED) is 0.156. The predicted molar refractivity (Wildman–Crippen MR) is 140 cm³/mol. The van der Waals surface area contributed by atoms with Gasteiger partial charge in [-0.2, -0.15) is 0 Å². The number of aromatic hydroxyl groups is 2. The van der Waals surface area contributed by atoms with Crippen LogP contribution < -0.4 is 0 Å². The van der Waals surface area contributed by atoms with Gasteiger partial charge in [-0.05, 0) is 42.0 Å². The molecule has 2 N–H and O–H groups in total. The van der Waals surface area contributed by atoms with Gasteiger partial charge in [0.1, 0.15) is 11.6 Å². The minimum atomic E-state index is 0. The summed E-state index contributed by atoms with van der Waals surface area (Å²) in [6.45, 7) is 0. The van der Waals surface area contributed by atoms with Gasteiger partial charge < -0.3 is 10.2 Å². The van der Waals surface area contributed by atoms with Crippen LogP contribution >= 0.6 is 0 Å². The van der Waals surface area contributed by atoms with E-state index in [9.17, 15) is 10.2 Å². The average molecular weight is 650 g/mol. The summed E-state index contributed by atoms with van der Waals surface area (Å²) in [4.78, 5) is 5.05. The van der Waals surface area contributed by atoms with Crippen LogP contribution in [-0.2, 0) is 22.4 Å². The smallest absolute Gasteiger partial charge is 0.515 e. The zero-order chi connectivity index (χ0) is 23.8. The number of nitrogens with zero attached hydrogens (tertiary/aromatic N) is 2. The molecular formula is C31H21AuN2O2. The molecule has 0 atom stereocenters. The second-order valence-corrected chi connectivity index (χ2v) is 8.29. The Morgan fingerprint density at radius 1 is 0.556 bits per heavy atom. The van der Waals surface area contributed by atoms with Crippen molar-refractivity contribution in [1.29, 1.82) is 0 Å². The molecule has 4 nitrogen and oxygen atoms in total. The molecule has 0 unspecified atom stereocenters. The van der Waals surface area contributed by atoms with Crippen molar-refractivity contribution in [3.63, 3.8) is 0 Å². The zero-order valence-corrected chi connectivity index (χ0v) is 21.2. The zero-order valence-electron chi connectivity index (χ0n) is 19.1. The Bertz CT molecular complexity index is 1680. The second kappa shape index (κ2) is 9.88. The average Bonchev–Trinajstić information content (AvgIpc) is 3.29. The number of phenols is 2. The van der Waals surface area contributed by atoms with E-state index in [-0.39, 0.29) is 33.9 Å². The standard InChI is InChI=1S/C31H21N2O2.Au/c34-28-18-6-4-14-24(28)21-10-8-11-22(20-21)25-16-9-17-27-30(25)32-31(26-15-5-7-19-29(26)35)33(27)23-12-2-1-3-13-23;/h1-19,34-35H;/q-1;+1. The van der Waals surface area contributed by atoms with Gasteiger partial charge in [0.15, 0.2) is 0 Å². The third kappa shape index (κ3) is 4.12. The predicted octanol–water partition coefficient (Wildman–Crippen LogP) is 7.24. The van der Waals surface area contributed by atoms with Gasteiger partial charge in [0.05, 0.1) is 22.3 Å². The number of phenolic OH excluding ortho intramolecular Hbond substituents is 2. The molecule has 0 spiro atoms. The summed E-state index contributed by atoms with van der Waals surface area (Å²) in [6, 6.07) is 40.0. The number of rotatable bonds is 4. The Labute approximate surface area is 224 Å². The number of hydrogen-bond donors (Lipinski definition) is 2. The minimum absolute atomic E-state index is 0. The molecular weight excluding hydrogens is 629 g/mol. The van der Waals surface area contributed by atoms with Crippen molar-refractivity contribution in [2.45, 2.75) is 0 Å². The van der Waals surface area contributed by atoms with Gasteiger partial charge in [-0.25, -0.2) is 4.98 Å². The van der Waals surface area contributed by atoms with E-state index < -0.39 is 0 Å². The van der Waals surface area contributed by atoms with Crippen molar-refractivity contribution in [3.8, 4) is 50.8 Å². The molecule has 0 radical (unpaired) electrons. The molecule has 0 aliphatic carbocycles. The molecule has 6 aromatic rings. The summed E-state index contributed by atoms with van der Waals surface area (Å²) in [7, 11) is 0. The molecule has 0 saturated heterocycles. The second-order valence-electron chi connectivity index (χ2n) is 8.29. The largest absolute Gasteiger partial charge is 1.00 e. The molecule has 0 aliphatic heterocycles. The fourth-order valence-electron chi connectivity index (χ4n) is 4.48. The van der Waals surface area contributed by atoms with E-state index in [0.717, 1.165) is 39.0 Å². The number of para-hydroxylation sites is 4. The van der Waals surface area contributed by atoms with Crippen molar-refractivity contribution in [3.05, 3.63) is 121 Å². The van der Waals surface area contributed by atoms with E-state index in [2.05, 4.69) is 10.6 Å². The summed E-state index contributed by atoms with van der Waals surface area (Å²) in [5.41, 5.74) is 6.67. The molecule has 6 rings (SSSR count). The molecule has 0 amide bonds. The number of imidazole rings is 1. The van der Waals surface area contributed by atoms with E-state index in [0.29, 0.717) is 11.4 Å². The molecule has 1 aromatic heterocycles. The summed E-state index contributed by atoms with van der Waals surface area (Å²) < 4.78 is 2.07. The van der Waals surface area contributed by atoms with Gasteiger partial charge in [0.2, 0.25) is 0 Å². The Balaban J connectivity index is 0.00000267. The summed E-state index contributed by atoms with van der Waals surface area (Å²) in [5.74, 6) is 1.05. The van der Waals surface area contributed by atoms with Crippen LogP contribution in [0.1, 0.15) is 0 Å². The third-order valence-electron chi connectivity index (χ3n) is 6.12. The minimum Gasteiger partial charge on any atom is -0.515 e. The maximum absolute atomic E-state index is 10.7. The van der Waals surface area contributed by atoms with Crippen LogP contribution in [0.3, 0.4) is 0 Å². The fourth-order valence-corrected chi connectivity index (χ4v) is 4.48. The normalized spacial score (nSPS) is 10.8. The van der Waals surface area contributed by atoms with E-state index in [1.165, 1.54) is 0 Å². The molecule has 0 bridgehead atoms. The summed E-state index contributed by atoms with van der Waals surface area (Å²) in [6.07, 6.45) is 0. The molecule has 0 fully saturated rings. The van der Waals surface area contributed by atoms with E-state index >= 15 is 0 Å². The molecule has 36 heavy (non-hydrogen) atoms. The number of fused-ring (bicyclic) bond motifs is 1. The van der Waals surface area contributed by atoms with Crippen LogP contribution in [0.15, 0.2) is 115 Å². The molecule has 0 saturated carbocycles. The first-order valence-corrected chi connectivity index (χ1v) is 11.4. The van der Waals surface area contributed by atoms with E-state index in [1.54, 1.807) is 24.3 Å². The van der Waals surface area contributed by atoms with Crippen molar-refractivity contribution in [2.75, 3.05) is 0 Å². The van der Waals surface area contributed by atoms with Crippen molar-refractivity contribution < 1.29 is 32.6 Å². The fraction of sp³-hybridized carbons (Fsp3) is 0. The first-order valence-electron chi connectivity index (χ1n) is 11.4. The van der Waals surface area contributed by atoms with Gasteiger partial charge in [-0.1, -0.05) is 66.2 Å². The van der Waals surface area contributed by atoms with E-state index in [1.807, 2.05) is 91.0 Å². The van der Waals surface area contributed by atoms with Crippen LogP contribution in [-0.4, -0.2) is 19.8 Å². The maximum atomic E-state index is 10.7. The molecule has 5 heteroatoms. The Hall–Kier alpha value is -4.09. The Kier molecular flexibility index (Phi) is 6.49. The van der Waals surface area contributed by atoms with Crippen LogP contribution in [0, 0.1) is 6.07 Å². The molecule has 5 aromatic carbocycles. The van der Waals surface area contributed by atoms with Crippen LogP contribution in [0.2, 0.25) is 0 Å². The third-order valence-corrected chi connectivity index (χ3v) is 6.12. The van der Waals surface area contributed by atoms with Gasteiger partial charge in [-0.3, -0.25) is 4.57 Å². The van der Waals surface area contributed by atoms with Gasteiger partial charge >= 0.3 is 22.4 Å². The van der Waals surface area contributed by atoms with Gasteiger partial charge in [0.25, 0.3) is 0 Å². The maximum Gasteiger partial charge on any atom is 1.00 e. The number of hydrogen-bond acceptors (Lipinski definition) is 3. The van der Waals surface area contributed by atoms with Crippen LogP contribution in [0.5, 0.6) is 11.5 Å². The monoisotopic (exact) mass is 650 g/mol.